The molecule has 0 heterocycles. The Morgan fingerprint density at radius 2 is 2.06 bits per heavy atom. The van der Waals surface area contributed by atoms with Crippen molar-refractivity contribution in [1.82, 2.24) is 0 Å². The smallest absolute Gasteiger partial charge is 0.0353 e. The highest BCUT2D eigenvalue weighted by atomic mass is 32.2. The Labute approximate surface area is 109 Å². The maximum Gasteiger partial charge on any atom is 0.0353 e. The Morgan fingerprint density at radius 3 is 2.76 bits per heavy atom. The van der Waals surface area contributed by atoms with Crippen LogP contribution in [-0.4, -0.2) is 12.3 Å². The zero-order chi connectivity index (χ0) is 12.3. The van der Waals surface area contributed by atoms with Gasteiger partial charge >= 0.3 is 0 Å². The second kappa shape index (κ2) is 5.81. The monoisotopic (exact) mass is 249 g/mol. The minimum atomic E-state index is 0.656. The SMILES string of the molecule is CSc1cccc(NC2CCC(C)CC2C)c1. The van der Waals surface area contributed by atoms with Crippen LogP contribution in [0.3, 0.4) is 0 Å². The molecule has 1 aromatic carbocycles. The predicted molar refractivity (Wildman–Crippen MR) is 77.8 cm³/mol. The molecule has 0 radical (unpaired) electrons. The van der Waals surface area contributed by atoms with Gasteiger partial charge in [-0.25, -0.2) is 0 Å². The van der Waals surface area contributed by atoms with Crippen LogP contribution in [0.5, 0.6) is 0 Å². The summed E-state index contributed by atoms with van der Waals surface area (Å²) in [6.07, 6.45) is 6.17. The molecule has 0 bridgehead atoms. The van der Waals surface area contributed by atoms with Gasteiger partial charge in [0.05, 0.1) is 0 Å². The van der Waals surface area contributed by atoms with Crippen molar-refractivity contribution in [1.29, 1.82) is 0 Å². The number of benzene rings is 1. The van der Waals surface area contributed by atoms with Crippen LogP contribution in [0, 0.1) is 11.8 Å². The highest BCUT2D eigenvalue weighted by Gasteiger charge is 2.24. The molecule has 0 aromatic heterocycles. The van der Waals surface area contributed by atoms with Crippen LogP contribution in [0.1, 0.15) is 33.1 Å². The third-order valence-corrected chi connectivity index (χ3v) is 4.58. The number of hydrogen-bond acceptors (Lipinski definition) is 2. The van der Waals surface area contributed by atoms with Crippen LogP contribution >= 0.6 is 11.8 Å². The van der Waals surface area contributed by atoms with Crippen molar-refractivity contribution < 1.29 is 0 Å². The molecule has 2 rings (SSSR count). The zero-order valence-corrected chi connectivity index (χ0v) is 11.9. The molecule has 2 heteroatoms. The summed E-state index contributed by atoms with van der Waals surface area (Å²) in [5, 5.41) is 3.71. The summed E-state index contributed by atoms with van der Waals surface area (Å²) >= 11 is 1.81. The Kier molecular flexibility index (Phi) is 4.38. The molecule has 17 heavy (non-hydrogen) atoms. The van der Waals surface area contributed by atoms with Crippen molar-refractivity contribution in [3.05, 3.63) is 24.3 Å². The second-order valence-electron chi connectivity index (χ2n) is 5.38. The molecular weight excluding hydrogens is 226 g/mol. The number of anilines is 1. The van der Waals surface area contributed by atoms with Gasteiger partial charge in [0.1, 0.15) is 0 Å². The fourth-order valence-corrected chi connectivity index (χ4v) is 3.27. The topological polar surface area (TPSA) is 12.0 Å². The molecule has 1 N–H and O–H groups in total. The molecular formula is C15H23NS. The van der Waals surface area contributed by atoms with E-state index in [4.69, 9.17) is 0 Å². The van der Waals surface area contributed by atoms with Crippen LogP contribution < -0.4 is 5.32 Å². The van der Waals surface area contributed by atoms with Crippen LogP contribution in [-0.2, 0) is 0 Å². The Balaban J connectivity index is 2.00. The van der Waals surface area contributed by atoms with E-state index in [1.165, 1.54) is 29.8 Å². The molecule has 0 saturated heterocycles. The lowest BCUT2D eigenvalue weighted by Crippen LogP contribution is -2.32. The van der Waals surface area contributed by atoms with Gasteiger partial charge in [-0.3, -0.25) is 0 Å². The lowest BCUT2D eigenvalue weighted by molar-refractivity contribution is 0.276. The molecule has 1 aliphatic rings. The highest BCUT2D eigenvalue weighted by molar-refractivity contribution is 7.98. The molecule has 1 saturated carbocycles. The van der Waals surface area contributed by atoms with E-state index in [2.05, 4.69) is 49.7 Å². The molecule has 0 aliphatic heterocycles. The summed E-state index contributed by atoms with van der Waals surface area (Å²) in [7, 11) is 0. The molecule has 94 valence electrons. The van der Waals surface area contributed by atoms with Gasteiger partial charge in [-0.1, -0.05) is 19.9 Å². The fraction of sp³-hybridized carbons (Fsp3) is 0.600. The first-order valence-electron chi connectivity index (χ1n) is 6.59. The third-order valence-electron chi connectivity index (χ3n) is 3.85. The van der Waals surface area contributed by atoms with Crippen LogP contribution in [0.25, 0.3) is 0 Å². The van der Waals surface area contributed by atoms with E-state index < -0.39 is 0 Å². The number of rotatable bonds is 3. The summed E-state index contributed by atoms with van der Waals surface area (Å²) in [5.41, 5.74) is 1.28. The van der Waals surface area contributed by atoms with Crippen molar-refractivity contribution in [3.8, 4) is 0 Å². The first-order chi connectivity index (χ1) is 8.19. The van der Waals surface area contributed by atoms with Gasteiger partial charge in [0, 0.05) is 16.6 Å². The van der Waals surface area contributed by atoms with E-state index in [-0.39, 0.29) is 0 Å². The predicted octanol–water partition coefficient (Wildman–Crippen LogP) is 4.65. The van der Waals surface area contributed by atoms with Crippen LogP contribution in [0.4, 0.5) is 5.69 Å². The van der Waals surface area contributed by atoms with E-state index in [1.807, 2.05) is 0 Å². The van der Waals surface area contributed by atoms with Crippen molar-refractivity contribution in [2.75, 3.05) is 11.6 Å². The number of nitrogens with one attached hydrogen (secondary N) is 1. The van der Waals surface area contributed by atoms with Gasteiger partial charge < -0.3 is 5.32 Å². The normalized spacial score (nSPS) is 29.0. The summed E-state index contributed by atoms with van der Waals surface area (Å²) in [6, 6.07) is 9.41. The summed E-state index contributed by atoms with van der Waals surface area (Å²) in [5.74, 6) is 1.69. The standard InChI is InChI=1S/C15H23NS/c1-11-7-8-15(12(2)9-11)16-13-5-4-6-14(10-13)17-3/h4-6,10-12,15-16H,7-9H2,1-3H3. The number of thioether (sulfide) groups is 1. The Bertz CT molecular complexity index is 364. The summed E-state index contributed by atoms with van der Waals surface area (Å²) < 4.78 is 0. The molecule has 1 nitrogen and oxygen atoms in total. The third kappa shape index (κ3) is 3.41. The molecule has 1 aromatic rings. The van der Waals surface area contributed by atoms with E-state index in [0.717, 1.165) is 11.8 Å². The lowest BCUT2D eigenvalue weighted by Gasteiger charge is -2.33. The first kappa shape index (κ1) is 12.8. The Morgan fingerprint density at radius 1 is 1.24 bits per heavy atom. The van der Waals surface area contributed by atoms with Gasteiger partial charge in [0.25, 0.3) is 0 Å². The molecule has 0 amide bonds. The van der Waals surface area contributed by atoms with Crippen LogP contribution in [0.2, 0.25) is 0 Å². The van der Waals surface area contributed by atoms with Crippen molar-refractivity contribution in [3.63, 3.8) is 0 Å². The molecule has 0 spiro atoms. The highest BCUT2D eigenvalue weighted by Crippen LogP contribution is 2.31. The summed E-state index contributed by atoms with van der Waals surface area (Å²) in [6.45, 7) is 4.76. The van der Waals surface area contributed by atoms with Crippen LogP contribution in [0.15, 0.2) is 29.2 Å². The summed E-state index contributed by atoms with van der Waals surface area (Å²) in [4.78, 5) is 1.34. The molecule has 1 fully saturated rings. The van der Waals surface area contributed by atoms with E-state index in [1.54, 1.807) is 11.8 Å². The minimum Gasteiger partial charge on any atom is -0.382 e. The first-order valence-corrected chi connectivity index (χ1v) is 7.82. The van der Waals surface area contributed by atoms with E-state index >= 15 is 0 Å². The Hall–Kier alpha value is -0.630. The molecule has 1 aliphatic carbocycles. The minimum absolute atomic E-state index is 0.656. The lowest BCUT2D eigenvalue weighted by atomic mass is 9.80. The van der Waals surface area contributed by atoms with Crippen molar-refractivity contribution >= 4 is 17.4 Å². The molecule has 3 unspecified atom stereocenters. The van der Waals surface area contributed by atoms with Gasteiger partial charge in [-0.2, -0.15) is 0 Å². The van der Waals surface area contributed by atoms with Gasteiger partial charge in [0.15, 0.2) is 0 Å². The second-order valence-corrected chi connectivity index (χ2v) is 6.26. The van der Waals surface area contributed by atoms with Gasteiger partial charge in [-0.15, -0.1) is 11.8 Å². The average Bonchev–Trinajstić information content (AvgIpc) is 2.33. The van der Waals surface area contributed by atoms with Crippen molar-refractivity contribution in [2.24, 2.45) is 11.8 Å². The maximum atomic E-state index is 3.71. The van der Waals surface area contributed by atoms with E-state index in [9.17, 15) is 0 Å². The quantitative estimate of drug-likeness (QED) is 0.783. The molecule has 3 atom stereocenters. The van der Waals surface area contributed by atoms with Crippen molar-refractivity contribution in [2.45, 2.75) is 44.0 Å². The van der Waals surface area contributed by atoms with E-state index in [0.29, 0.717) is 6.04 Å². The maximum absolute atomic E-state index is 3.71. The van der Waals surface area contributed by atoms with Gasteiger partial charge in [-0.05, 0) is 55.6 Å². The average molecular weight is 249 g/mol. The zero-order valence-electron chi connectivity index (χ0n) is 11.1. The van der Waals surface area contributed by atoms with Gasteiger partial charge in [0.2, 0.25) is 0 Å². The largest absolute Gasteiger partial charge is 0.382 e. The number of hydrogen-bond donors (Lipinski definition) is 1. The fourth-order valence-electron chi connectivity index (χ4n) is 2.81.